The molecule has 0 unspecified atom stereocenters. The maximum atomic E-state index is 11.0. The highest BCUT2D eigenvalue weighted by Crippen LogP contribution is 2.37. The fraction of sp³-hybridized carbons (Fsp3) is 0.593. The Morgan fingerprint density at radius 2 is 1.45 bits per heavy atom. The Morgan fingerprint density at radius 3 is 1.97 bits per heavy atom. The molecule has 0 aromatic rings. The molecule has 0 aliphatic rings. The van der Waals surface area contributed by atoms with Crippen molar-refractivity contribution >= 4 is 14.3 Å². The number of esters is 1. The van der Waals surface area contributed by atoms with Crippen LogP contribution >= 0.6 is 0 Å². The molecule has 0 rings (SSSR count). The molecule has 0 aliphatic heterocycles. The molecule has 0 aliphatic carbocycles. The summed E-state index contributed by atoms with van der Waals surface area (Å²) in [5.74, 6) is -0.133. The van der Waals surface area contributed by atoms with Crippen molar-refractivity contribution in [2.24, 2.45) is 0 Å². The third kappa shape index (κ3) is 15.7. The summed E-state index contributed by atoms with van der Waals surface area (Å²) < 4.78 is 11.1. The van der Waals surface area contributed by atoms with Gasteiger partial charge in [-0.2, -0.15) is 0 Å². The number of hydrogen-bond acceptors (Lipinski definition) is 3. The molecule has 0 aromatic carbocycles. The minimum atomic E-state index is -1.72. The summed E-state index contributed by atoms with van der Waals surface area (Å²) >= 11 is 0. The average molecular weight is 447 g/mol. The predicted octanol–water partition coefficient (Wildman–Crippen LogP) is 8.08. The third-order valence-corrected chi connectivity index (χ3v) is 10.0. The van der Waals surface area contributed by atoms with Crippen LogP contribution in [0.2, 0.25) is 18.1 Å². The van der Waals surface area contributed by atoms with Crippen LogP contribution in [0.5, 0.6) is 0 Å². The van der Waals surface area contributed by atoms with Crippen LogP contribution in [0.15, 0.2) is 60.8 Å². The van der Waals surface area contributed by atoms with E-state index in [1.165, 1.54) is 7.11 Å². The fourth-order valence-electron chi connectivity index (χ4n) is 2.46. The highest BCUT2D eigenvalue weighted by atomic mass is 28.4. The maximum Gasteiger partial charge on any atom is 0.305 e. The van der Waals surface area contributed by atoms with Gasteiger partial charge in [0.05, 0.1) is 13.2 Å². The largest absolute Gasteiger partial charge is 0.469 e. The number of methoxy groups -OCH3 is 1. The molecule has 1 atom stereocenters. The summed E-state index contributed by atoms with van der Waals surface area (Å²) in [6.45, 7) is 13.6. The van der Waals surface area contributed by atoms with Gasteiger partial charge in [-0.25, -0.2) is 0 Å². The predicted molar refractivity (Wildman–Crippen MR) is 138 cm³/mol. The summed E-state index contributed by atoms with van der Waals surface area (Å²) in [5.41, 5.74) is 0. The normalized spacial score (nSPS) is 14.7. The van der Waals surface area contributed by atoms with Gasteiger partial charge in [-0.3, -0.25) is 4.79 Å². The van der Waals surface area contributed by atoms with Gasteiger partial charge in [-0.05, 0) is 56.7 Å². The summed E-state index contributed by atoms with van der Waals surface area (Å²) in [6, 6.07) is 0. The van der Waals surface area contributed by atoms with Crippen molar-refractivity contribution in [3.8, 4) is 0 Å². The van der Waals surface area contributed by atoms with E-state index in [0.29, 0.717) is 6.42 Å². The lowest BCUT2D eigenvalue weighted by atomic mass is 10.2. The minimum Gasteiger partial charge on any atom is -0.469 e. The fourth-order valence-corrected chi connectivity index (χ4v) is 3.82. The Hall–Kier alpha value is -1.65. The van der Waals surface area contributed by atoms with Gasteiger partial charge < -0.3 is 9.16 Å². The molecule has 0 saturated heterocycles. The van der Waals surface area contributed by atoms with Crippen molar-refractivity contribution in [2.45, 2.75) is 96.9 Å². The van der Waals surface area contributed by atoms with Gasteiger partial charge in [-0.1, -0.05) is 88.5 Å². The molecular weight excluding hydrogens is 400 g/mol. The zero-order valence-corrected chi connectivity index (χ0v) is 22.0. The van der Waals surface area contributed by atoms with Crippen LogP contribution < -0.4 is 0 Å². The average Bonchev–Trinajstić information content (AvgIpc) is 2.71. The number of unbranched alkanes of at least 4 members (excludes halogenated alkanes) is 1. The molecule has 3 nitrogen and oxygen atoms in total. The molecule has 0 heterocycles. The molecule has 0 aromatic heterocycles. The molecule has 4 heteroatoms. The van der Waals surface area contributed by atoms with Gasteiger partial charge in [0.25, 0.3) is 0 Å². The molecule has 0 fully saturated rings. The lowest BCUT2D eigenvalue weighted by molar-refractivity contribution is -0.140. The van der Waals surface area contributed by atoms with Gasteiger partial charge in [0.1, 0.15) is 0 Å². The molecule has 0 amide bonds. The Bertz CT molecular complexity index is 619. The van der Waals surface area contributed by atoms with Crippen LogP contribution in [-0.4, -0.2) is 27.5 Å². The van der Waals surface area contributed by atoms with Gasteiger partial charge in [0.15, 0.2) is 8.32 Å². The summed E-state index contributed by atoms with van der Waals surface area (Å²) in [5, 5.41) is 0.241. The molecule has 0 spiro atoms. The van der Waals surface area contributed by atoms with E-state index in [-0.39, 0.29) is 17.1 Å². The third-order valence-electron chi connectivity index (χ3n) is 5.52. The van der Waals surface area contributed by atoms with Crippen molar-refractivity contribution in [3.05, 3.63) is 60.8 Å². The quantitative estimate of drug-likeness (QED) is 0.0838. The highest BCUT2D eigenvalue weighted by molar-refractivity contribution is 6.74. The van der Waals surface area contributed by atoms with E-state index in [2.05, 4.69) is 106 Å². The van der Waals surface area contributed by atoms with E-state index in [0.717, 1.165) is 38.5 Å². The Kier molecular flexibility index (Phi) is 16.1. The van der Waals surface area contributed by atoms with Crippen LogP contribution in [0.1, 0.15) is 72.6 Å². The van der Waals surface area contributed by atoms with Gasteiger partial charge >= 0.3 is 5.97 Å². The lowest BCUT2D eigenvalue weighted by Gasteiger charge is -2.38. The second-order valence-electron chi connectivity index (χ2n) is 9.23. The molecule has 176 valence electrons. The summed E-state index contributed by atoms with van der Waals surface area (Å²) in [7, 11) is -0.288. The second-order valence-corrected chi connectivity index (χ2v) is 14.0. The minimum absolute atomic E-state index is 0.133. The Balaban J connectivity index is 4.00. The molecule has 0 N–H and O–H groups in total. The molecular formula is C27H46O3Si. The van der Waals surface area contributed by atoms with Crippen LogP contribution in [-0.2, 0) is 14.0 Å². The highest BCUT2D eigenvalue weighted by Gasteiger charge is 2.38. The van der Waals surface area contributed by atoms with Crippen LogP contribution in [0.4, 0.5) is 0 Å². The number of ether oxygens (including phenoxy) is 1. The topological polar surface area (TPSA) is 35.5 Å². The van der Waals surface area contributed by atoms with Crippen molar-refractivity contribution in [1.82, 2.24) is 0 Å². The number of carbonyl (C=O) groups excluding carboxylic acids is 1. The zero-order valence-electron chi connectivity index (χ0n) is 21.0. The first-order chi connectivity index (χ1) is 14.6. The smallest absolute Gasteiger partial charge is 0.305 e. The van der Waals surface area contributed by atoms with E-state index >= 15 is 0 Å². The van der Waals surface area contributed by atoms with E-state index in [9.17, 15) is 4.79 Å². The number of rotatable bonds is 15. The number of carbonyl (C=O) groups is 1. The Morgan fingerprint density at radius 1 is 0.903 bits per heavy atom. The number of hydrogen-bond donors (Lipinski definition) is 0. The van der Waals surface area contributed by atoms with Crippen molar-refractivity contribution < 1.29 is 14.0 Å². The molecule has 0 saturated carbocycles. The molecule has 0 bridgehead atoms. The standard InChI is InChI=1S/C27H46O3Si/c1-8-25(30-31(6,7)27(2,3)4)23-21-19-17-15-13-11-9-10-12-14-16-18-20-22-24-26(28)29-5/h10-13,16-19,21,23,25H,8-9,14-15,20,22,24H2,1-7H3/b12-10-,13-11-,18-16-,19-17-,23-21+/t25-/m1/s1. The van der Waals surface area contributed by atoms with E-state index < -0.39 is 8.32 Å². The number of allylic oxidation sites excluding steroid dienone is 9. The Labute approximate surface area is 193 Å². The summed E-state index contributed by atoms with van der Waals surface area (Å²) in [4.78, 5) is 11.0. The van der Waals surface area contributed by atoms with Gasteiger partial charge in [0.2, 0.25) is 0 Å². The zero-order chi connectivity index (χ0) is 23.6. The van der Waals surface area contributed by atoms with E-state index in [1.54, 1.807) is 0 Å². The first kappa shape index (κ1) is 29.3. The van der Waals surface area contributed by atoms with Crippen molar-refractivity contribution in [3.63, 3.8) is 0 Å². The lowest BCUT2D eigenvalue weighted by Crippen LogP contribution is -2.43. The maximum absolute atomic E-state index is 11.0. The first-order valence-corrected chi connectivity index (χ1v) is 14.6. The van der Waals surface area contributed by atoms with E-state index in [4.69, 9.17) is 4.43 Å². The van der Waals surface area contributed by atoms with Crippen LogP contribution in [0, 0.1) is 0 Å². The SMILES string of the molecule is CC[C@H](/C=C/C=C\C/C=C\C/C=C\C/C=C\CCCC(=O)OC)O[Si](C)(C)C(C)(C)C. The van der Waals surface area contributed by atoms with E-state index in [1.807, 2.05) is 0 Å². The monoisotopic (exact) mass is 446 g/mol. The van der Waals surface area contributed by atoms with Gasteiger partial charge in [-0.15, -0.1) is 0 Å². The molecule has 31 heavy (non-hydrogen) atoms. The molecule has 0 radical (unpaired) electrons. The van der Waals surface area contributed by atoms with Crippen molar-refractivity contribution in [1.29, 1.82) is 0 Å². The van der Waals surface area contributed by atoms with Crippen LogP contribution in [0.25, 0.3) is 0 Å². The van der Waals surface area contributed by atoms with Crippen LogP contribution in [0.3, 0.4) is 0 Å². The van der Waals surface area contributed by atoms with Gasteiger partial charge in [0, 0.05) is 6.42 Å². The summed E-state index contributed by atoms with van der Waals surface area (Å²) in [6.07, 6.45) is 27.9. The van der Waals surface area contributed by atoms with Crippen molar-refractivity contribution in [2.75, 3.05) is 7.11 Å². The first-order valence-electron chi connectivity index (χ1n) is 11.7. The second kappa shape index (κ2) is 17.0.